The van der Waals surface area contributed by atoms with Crippen molar-refractivity contribution >= 4 is 34.8 Å². The number of nitrogens with two attached hydrogens (primary N) is 1. The molecule has 0 aliphatic carbocycles. The number of rotatable bonds is 4. The molecule has 1 heterocycles. The SMILES string of the molecule is CC(C)C(N)CC(=O)Nc1cc2c(cc1Cl)NC(=O)CO2. The van der Waals surface area contributed by atoms with Crippen molar-refractivity contribution in [3.63, 3.8) is 0 Å². The van der Waals surface area contributed by atoms with Crippen LogP contribution in [-0.2, 0) is 9.59 Å². The number of anilines is 2. The van der Waals surface area contributed by atoms with Crippen molar-refractivity contribution in [2.24, 2.45) is 11.7 Å². The number of hydrogen-bond acceptors (Lipinski definition) is 4. The highest BCUT2D eigenvalue weighted by molar-refractivity contribution is 6.34. The lowest BCUT2D eigenvalue weighted by Crippen LogP contribution is -2.31. The second kappa shape index (κ2) is 6.32. The number of amides is 2. The summed E-state index contributed by atoms with van der Waals surface area (Å²) in [7, 11) is 0. The Morgan fingerprint density at radius 2 is 2.24 bits per heavy atom. The molecule has 2 amide bonds. The van der Waals surface area contributed by atoms with E-state index in [4.69, 9.17) is 22.1 Å². The molecular weight excluding hydrogens is 294 g/mol. The lowest BCUT2D eigenvalue weighted by atomic mass is 10.0. The molecule has 1 aromatic carbocycles. The molecular formula is C14H18ClN3O3. The maximum Gasteiger partial charge on any atom is 0.262 e. The second-order valence-electron chi connectivity index (χ2n) is 5.33. The summed E-state index contributed by atoms with van der Waals surface area (Å²) in [6.07, 6.45) is 0.211. The average Bonchev–Trinajstić information content (AvgIpc) is 2.39. The maximum absolute atomic E-state index is 11.9. The third-order valence-electron chi connectivity index (χ3n) is 3.25. The highest BCUT2D eigenvalue weighted by Gasteiger charge is 2.20. The zero-order chi connectivity index (χ0) is 15.6. The standard InChI is InChI=1S/C14H18ClN3O3/c1-7(2)9(16)4-13(19)17-10-5-12-11(3-8(10)15)18-14(20)6-21-12/h3,5,7,9H,4,6,16H2,1-2H3,(H,17,19)(H,18,20). The molecule has 6 nitrogen and oxygen atoms in total. The number of fused-ring (bicyclic) bond motifs is 1. The first-order chi connectivity index (χ1) is 9.86. The lowest BCUT2D eigenvalue weighted by molar-refractivity contribution is -0.119. The second-order valence-corrected chi connectivity index (χ2v) is 5.73. The third-order valence-corrected chi connectivity index (χ3v) is 3.57. The minimum Gasteiger partial charge on any atom is -0.482 e. The van der Waals surface area contributed by atoms with Crippen LogP contribution in [0.2, 0.25) is 5.02 Å². The highest BCUT2D eigenvalue weighted by atomic mass is 35.5. The van der Waals surface area contributed by atoms with Gasteiger partial charge in [0.15, 0.2) is 6.61 Å². The van der Waals surface area contributed by atoms with E-state index in [9.17, 15) is 9.59 Å². The van der Waals surface area contributed by atoms with E-state index in [0.717, 1.165) is 0 Å². The fourth-order valence-corrected chi connectivity index (χ4v) is 2.06. The van der Waals surface area contributed by atoms with Gasteiger partial charge in [0.05, 0.1) is 16.4 Å². The Morgan fingerprint density at radius 3 is 2.90 bits per heavy atom. The van der Waals surface area contributed by atoms with E-state index in [1.807, 2.05) is 13.8 Å². The Balaban J connectivity index is 2.10. The van der Waals surface area contributed by atoms with Gasteiger partial charge in [-0.15, -0.1) is 0 Å². The third kappa shape index (κ3) is 3.86. The van der Waals surface area contributed by atoms with Crippen molar-refractivity contribution in [2.45, 2.75) is 26.3 Å². The molecule has 21 heavy (non-hydrogen) atoms. The molecule has 4 N–H and O–H groups in total. The van der Waals surface area contributed by atoms with Crippen LogP contribution < -0.4 is 21.1 Å². The summed E-state index contributed by atoms with van der Waals surface area (Å²) < 4.78 is 5.29. The topological polar surface area (TPSA) is 93.5 Å². The predicted octanol–water partition coefficient (Wildman–Crippen LogP) is 1.98. The Morgan fingerprint density at radius 1 is 1.52 bits per heavy atom. The van der Waals surface area contributed by atoms with Crippen molar-refractivity contribution in [3.8, 4) is 5.75 Å². The highest BCUT2D eigenvalue weighted by Crippen LogP contribution is 2.36. The summed E-state index contributed by atoms with van der Waals surface area (Å²) in [6, 6.07) is 2.93. The molecule has 0 saturated carbocycles. The summed E-state index contributed by atoms with van der Waals surface area (Å²) in [5.41, 5.74) is 6.80. The number of benzene rings is 1. The maximum atomic E-state index is 11.9. The molecule has 0 saturated heterocycles. The summed E-state index contributed by atoms with van der Waals surface area (Å²) >= 11 is 6.10. The summed E-state index contributed by atoms with van der Waals surface area (Å²) in [4.78, 5) is 23.2. The van der Waals surface area contributed by atoms with Crippen LogP contribution in [0.1, 0.15) is 20.3 Å². The Kier molecular flexibility index (Phi) is 4.69. The van der Waals surface area contributed by atoms with Gasteiger partial charge in [0.1, 0.15) is 5.75 Å². The lowest BCUT2D eigenvalue weighted by Gasteiger charge is -2.20. The molecule has 0 fully saturated rings. The molecule has 0 spiro atoms. The van der Waals surface area contributed by atoms with E-state index in [0.29, 0.717) is 22.1 Å². The van der Waals surface area contributed by atoms with Crippen molar-refractivity contribution in [1.29, 1.82) is 0 Å². The van der Waals surface area contributed by atoms with Crippen LogP contribution in [-0.4, -0.2) is 24.5 Å². The minimum atomic E-state index is -0.238. The van der Waals surface area contributed by atoms with Crippen LogP contribution in [0.25, 0.3) is 0 Å². The van der Waals surface area contributed by atoms with E-state index >= 15 is 0 Å². The smallest absolute Gasteiger partial charge is 0.262 e. The van der Waals surface area contributed by atoms with Crippen LogP contribution in [0.5, 0.6) is 5.75 Å². The van der Waals surface area contributed by atoms with Gasteiger partial charge in [-0.3, -0.25) is 9.59 Å². The molecule has 2 rings (SSSR count). The van der Waals surface area contributed by atoms with Gasteiger partial charge in [-0.05, 0) is 12.0 Å². The Labute approximate surface area is 128 Å². The summed E-state index contributed by atoms with van der Waals surface area (Å²) in [5.74, 6) is 0.243. The monoisotopic (exact) mass is 311 g/mol. The van der Waals surface area contributed by atoms with Gasteiger partial charge >= 0.3 is 0 Å². The first-order valence-corrected chi connectivity index (χ1v) is 7.06. The van der Waals surface area contributed by atoms with Gasteiger partial charge in [0.25, 0.3) is 5.91 Å². The molecule has 1 unspecified atom stereocenters. The van der Waals surface area contributed by atoms with Crippen LogP contribution in [0.3, 0.4) is 0 Å². The van der Waals surface area contributed by atoms with E-state index in [1.165, 1.54) is 0 Å². The number of ether oxygens (including phenoxy) is 1. The number of hydrogen-bond donors (Lipinski definition) is 3. The molecule has 1 aromatic rings. The van der Waals surface area contributed by atoms with Gasteiger partial charge in [-0.2, -0.15) is 0 Å². The molecule has 0 aromatic heterocycles. The number of carbonyl (C=O) groups is 2. The normalized spacial score (nSPS) is 15.0. The summed E-state index contributed by atoms with van der Waals surface area (Å²) in [6.45, 7) is 3.86. The molecule has 1 aliphatic rings. The molecule has 0 radical (unpaired) electrons. The largest absolute Gasteiger partial charge is 0.482 e. The van der Waals surface area contributed by atoms with Gasteiger partial charge in [0, 0.05) is 18.5 Å². The quantitative estimate of drug-likeness (QED) is 0.792. The van der Waals surface area contributed by atoms with Crippen molar-refractivity contribution in [3.05, 3.63) is 17.2 Å². The fraction of sp³-hybridized carbons (Fsp3) is 0.429. The minimum absolute atomic E-state index is 0.0553. The van der Waals surface area contributed by atoms with Crippen LogP contribution in [0.15, 0.2) is 12.1 Å². The molecule has 0 bridgehead atoms. The first-order valence-electron chi connectivity index (χ1n) is 6.68. The molecule has 114 valence electrons. The Bertz CT molecular complexity index is 575. The van der Waals surface area contributed by atoms with Crippen LogP contribution in [0, 0.1) is 5.92 Å². The zero-order valence-corrected chi connectivity index (χ0v) is 12.7. The van der Waals surface area contributed by atoms with Crippen molar-refractivity contribution in [2.75, 3.05) is 17.2 Å². The molecule has 7 heteroatoms. The zero-order valence-electron chi connectivity index (χ0n) is 11.9. The van der Waals surface area contributed by atoms with E-state index in [2.05, 4.69) is 10.6 Å². The van der Waals surface area contributed by atoms with E-state index in [1.54, 1.807) is 12.1 Å². The summed E-state index contributed by atoms with van der Waals surface area (Å²) in [5, 5.41) is 5.69. The molecule has 1 aliphatic heterocycles. The van der Waals surface area contributed by atoms with Crippen LogP contribution in [0.4, 0.5) is 11.4 Å². The van der Waals surface area contributed by atoms with Gasteiger partial charge < -0.3 is 21.1 Å². The van der Waals surface area contributed by atoms with Crippen LogP contribution >= 0.6 is 11.6 Å². The molecule has 1 atom stereocenters. The van der Waals surface area contributed by atoms with Crippen molar-refractivity contribution in [1.82, 2.24) is 0 Å². The van der Waals surface area contributed by atoms with Gasteiger partial charge in [0.2, 0.25) is 5.91 Å². The first kappa shape index (κ1) is 15.6. The average molecular weight is 312 g/mol. The van der Waals surface area contributed by atoms with E-state index < -0.39 is 0 Å². The number of halogens is 1. The van der Waals surface area contributed by atoms with Gasteiger partial charge in [-0.1, -0.05) is 25.4 Å². The number of carbonyl (C=O) groups excluding carboxylic acids is 2. The Hall–Kier alpha value is -1.79. The van der Waals surface area contributed by atoms with E-state index in [-0.39, 0.29) is 36.8 Å². The van der Waals surface area contributed by atoms with Gasteiger partial charge in [-0.25, -0.2) is 0 Å². The number of nitrogens with one attached hydrogen (secondary N) is 2. The predicted molar refractivity (Wildman–Crippen MR) is 81.6 cm³/mol. The van der Waals surface area contributed by atoms with Crippen molar-refractivity contribution < 1.29 is 14.3 Å². The fourth-order valence-electron chi connectivity index (χ4n) is 1.85.